The predicted molar refractivity (Wildman–Crippen MR) is 117 cm³/mol. The molecule has 0 aliphatic rings. The van der Waals surface area contributed by atoms with E-state index in [0.29, 0.717) is 24.4 Å². The first-order valence-electron chi connectivity index (χ1n) is 10.1. The van der Waals surface area contributed by atoms with Gasteiger partial charge in [0.15, 0.2) is 6.61 Å². The van der Waals surface area contributed by atoms with E-state index in [1.165, 1.54) is 4.31 Å². The molecule has 0 N–H and O–H groups in total. The number of hydrogen-bond acceptors (Lipinski definition) is 5. The quantitative estimate of drug-likeness (QED) is 0.515. The van der Waals surface area contributed by atoms with Crippen molar-refractivity contribution in [3.05, 3.63) is 42.5 Å². The van der Waals surface area contributed by atoms with Crippen LogP contribution in [-0.2, 0) is 16.6 Å². The van der Waals surface area contributed by atoms with E-state index in [4.69, 9.17) is 15.0 Å². The maximum absolute atomic E-state index is 12.9. The van der Waals surface area contributed by atoms with Gasteiger partial charge in [0.2, 0.25) is 10.0 Å². The minimum absolute atomic E-state index is 0.00250. The lowest BCUT2D eigenvalue weighted by atomic mass is 10.2. The molecule has 0 saturated heterocycles. The van der Waals surface area contributed by atoms with Crippen LogP contribution in [0.1, 0.15) is 27.2 Å². The first-order chi connectivity index (χ1) is 14.5. The molecule has 30 heavy (non-hydrogen) atoms. The molecule has 0 fully saturated rings. The minimum Gasteiger partial charge on any atom is -0.479 e. The number of hydrogen-bond donors (Lipinski definition) is 0. The Labute approximate surface area is 177 Å². The van der Waals surface area contributed by atoms with Gasteiger partial charge in [0, 0.05) is 25.2 Å². The monoisotopic (exact) mass is 426 g/mol. The maximum atomic E-state index is 12.9. The predicted octanol–water partition coefficient (Wildman–Crippen LogP) is 4.05. The Morgan fingerprint density at radius 3 is 2.40 bits per heavy atom. The average molecular weight is 427 g/mol. The number of fused-ring (bicyclic) bond motifs is 1. The topological polar surface area (TPSA) is 88.2 Å². The number of ether oxygens (including phenoxy) is 1. The molecule has 0 unspecified atom stereocenters. The summed E-state index contributed by atoms with van der Waals surface area (Å²) in [5.41, 5.74) is 2.45. The van der Waals surface area contributed by atoms with Crippen LogP contribution in [0.25, 0.3) is 22.4 Å². The van der Waals surface area contributed by atoms with E-state index < -0.39 is 10.0 Å². The van der Waals surface area contributed by atoms with Crippen molar-refractivity contribution < 1.29 is 13.2 Å². The Hall–Kier alpha value is -2.89. The molecule has 0 atom stereocenters. The summed E-state index contributed by atoms with van der Waals surface area (Å²) in [4.78, 5) is 5.02. The van der Waals surface area contributed by atoms with Gasteiger partial charge in [0.25, 0.3) is 0 Å². The summed E-state index contributed by atoms with van der Waals surface area (Å²) in [6, 6.07) is 14.5. The van der Waals surface area contributed by atoms with Gasteiger partial charge in [-0.15, -0.1) is 0 Å². The van der Waals surface area contributed by atoms with Crippen LogP contribution in [0, 0.1) is 11.3 Å². The van der Waals surface area contributed by atoms with Crippen molar-refractivity contribution in [2.45, 2.75) is 38.6 Å². The van der Waals surface area contributed by atoms with Gasteiger partial charge in [-0.2, -0.15) is 9.57 Å². The summed E-state index contributed by atoms with van der Waals surface area (Å²) in [5, 5.41) is 8.65. The second kappa shape index (κ2) is 9.28. The van der Waals surface area contributed by atoms with Crippen LogP contribution in [0.2, 0.25) is 0 Å². The SMILES string of the molecule is CCCn1c(-c2ccc(OCC#N)cc2)nc2cc(S(=O)(=O)N(CC)CC)ccc21. The van der Waals surface area contributed by atoms with Crippen LogP contribution in [0.5, 0.6) is 5.75 Å². The second-order valence-electron chi connectivity index (χ2n) is 6.80. The standard InChI is InChI=1S/C22H26N4O3S/c1-4-14-26-21-12-11-19(30(27,28)25(5-2)6-3)16-20(21)24-22(26)17-7-9-18(10-8-17)29-15-13-23/h7-12,16H,4-6,14-15H2,1-3H3. The molecule has 0 aliphatic heterocycles. The van der Waals surface area contributed by atoms with E-state index in [1.54, 1.807) is 24.3 Å². The lowest BCUT2D eigenvalue weighted by molar-refractivity contribution is 0.368. The molecule has 0 bridgehead atoms. The zero-order chi connectivity index (χ0) is 21.7. The van der Waals surface area contributed by atoms with Crippen LogP contribution in [0.3, 0.4) is 0 Å². The van der Waals surface area contributed by atoms with Crippen molar-refractivity contribution >= 4 is 21.1 Å². The molecule has 0 spiro atoms. The zero-order valence-electron chi connectivity index (χ0n) is 17.5. The van der Waals surface area contributed by atoms with Crippen LogP contribution < -0.4 is 4.74 Å². The lowest BCUT2D eigenvalue weighted by Gasteiger charge is -2.18. The van der Waals surface area contributed by atoms with Crippen molar-refractivity contribution in [3.63, 3.8) is 0 Å². The third-order valence-corrected chi connectivity index (χ3v) is 6.97. The average Bonchev–Trinajstić information content (AvgIpc) is 3.11. The summed E-state index contributed by atoms with van der Waals surface area (Å²) in [5.74, 6) is 1.39. The molecule has 3 aromatic rings. The molecule has 0 amide bonds. The van der Waals surface area contributed by atoms with Crippen LogP contribution in [0.4, 0.5) is 0 Å². The highest BCUT2D eigenvalue weighted by molar-refractivity contribution is 7.89. The molecule has 1 heterocycles. The fourth-order valence-electron chi connectivity index (χ4n) is 3.47. The number of aromatic nitrogens is 2. The summed E-state index contributed by atoms with van der Waals surface area (Å²) in [6.45, 7) is 7.36. The first kappa shape index (κ1) is 21.8. The fourth-order valence-corrected chi connectivity index (χ4v) is 4.95. The Kier molecular flexibility index (Phi) is 6.75. The minimum atomic E-state index is -3.55. The van der Waals surface area contributed by atoms with Gasteiger partial charge in [-0.05, 0) is 48.9 Å². The molecule has 0 saturated carbocycles. The van der Waals surface area contributed by atoms with Gasteiger partial charge in [-0.3, -0.25) is 0 Å². The highest BCUT2D eigenvalue weighted by Crippen LogP contribution is 2.29. The largest absolute Gasteiger partial charge is 0.479 e. The van der Waals surface area contributed by atoms with Crippen molar-refractivity contribution in [1.82, 2.24) is 13.9 Å². The molecule has 0 radical (unpaired) electrons. The first-order valence-corrected chi connectivity index (χ1v) is 11.5. The van der Waals surface area contributed by atoms with Crippen LogP contribution in [-0.4, -0.2) is 42.0 Å². The molecule has 7 nitrogen and oxygen atoms in total. The van der Waals surface area contributed by atoms with Crippen LogP contribution >= 0.6 is 0 Å². The van der Waals surface area contributed by atoms with Gasteiger partial charge in [-0.25, -0.2) is 13.4 Å². The van der Waals surface area contributed by atoms with Gasteiger partial charge < -0.3 is 9.30 Å². The van der Waals surface area contributed by atoms with E-state index in [9.17, 15) is 8.42 Å². The summed E-state index contributed by atoms with van der Waals surface area (Å²) in [6.07, 6.45) is 0.918. The Morgan fingerprint density at radius 2 is 1.80 bits per heavy atom. The molecule has 3 rings (SSSR count). The molecular weight excluding hydrogens is 400 g/mol. The van der Waals surface area contributed by atoms with Crippen molar-refractivity contribution in [1.29, 1.82) is 5.26 Å². The van der Waals surface area contributed by atoms with Crippen molar-refractivity contribution in [2.75, 3.05) is 19.7 Å². The van der Waals surface area contributed by atoms with E-state index in [2.05, 4.69) is 11.5 Å². The van der Waals surface area contributed by atoms with Gasteiger partial charge in [0.1, 0.15) is 17.6 Å². The number of imidazole rings is 1. The number of aryl methyl sites for hydroxylation is 1. The third-order valence-electron chi connectivity index (χ3n) is 4.93. The number of nitrogens with zero attached hydrogens (tertiary/aromatic N) is 4. The molecule has 2 aromatic carbocycles. The second-order valence-corrected chi connectivity index (χ2v) is 8.74. The highest BCUT2D eigenvalue weighted by Gasteiger charge is 2.23. The summed E-state index contributed by atoms with van der Waals surface area (Å²) in [7, 11) is -3.55. The molecule has 1 aromatic heterocycles. The Balaban J connectivity index is 2.07. The number of benzene rings is 2. The van der Waals surface area contributed by atoms with Gasteiger partial charge in [-0.1, -0.05) is 20.8 Å². The number of sulfonamides is 1. The Morgan fingerprint density at radius 1 is 1.10 bits per heavy atom. The summed E-state index contributed by atoms with van der Waals surface area (Å²) < 4.78 is 34.7. The smallest absolute Gasteiger partial charge is 0.243 e. The number of nitriles is 1. The maximum Gasteiger partial charge on any atom is 0.243 e. The zero-order valence-corrected chi connectivity index (χ0v) is 18.3. The number of rotatable bonds is 9. The van der Waals surface area contributed by atoms with E-state index >= 15 is 0 Å². The van der Waals surface area contributed by atoms with Gasteiger partial charge >= 0.3 is 0 Å². The van der Waals surface area contributed by atoms with Crippen molar-refractivity contribution in [2.24, 2.45) is 0 Å². The summed E-state index contributed by atoms with van der Waals surface area (Å²) >= 11 is 0. The van der Waals surface area contributed by atoms with Gasteiger partial charge in [0.05, 0.1) is 15.9 Å². The highest BCUT2D eigenvalue weighted by atomic mass is 32.2. The van der Waals surface area contributed by atoms with Crippen LogP contribution in [0.15, 0.2) is 47.4 Å². The molecular formula is C22H26N4O3S. The normalized spacial score (nSPS) is 11.7. The molecule has 0 aliphatic carbocycles. The van der Waals surface area contributed by atoms with E-state index in [-0.39, 0.29) is 11.5 Å². The molecule has 8 heteroatoms. The molecule has 158 valence electrons. The van der Waals surface area contributed by atoms with E-state index in [0.717, 1.165) is 29.9 Å². The Bertz CT molecular complexity index is 1160. The lowest BCUT2D eigenvalue weighted by Crippen LogP contribution is -2.30. The third kappa shape index (κ3) is 4.18. The fraction of sp³-hybridized carbons (Fsp3) is 0.364. The van der Waals surface area contributed by atoms with Crippen molar-refractivity contribution in [3.8, 4) is 23.2 Å². The van der Waals surface area contributed by atoms with E-state index in [1.807, 2.05) is 38.1 Å².